The summed E-state index contributed by atoms with van der Waals surface area (Å²) in [6.07, 6.45) is -3.00. The molecule has 3 aromatic heterocycles. The monoisotopic (exact) mass is 504 g/mol. The molecular formula is C27H23F3N6O. The molecule has 0 aliphatic heterocycles. The standard InChI is InChI=1S/C27H23F3N6O/c1-17(2)19-8-10-20(11-9-19)21-14-23(27(28,29)30)36-25(31-21)15-22(33-36)26(37)32-24-12-13-35(34-24)16-18-6-4-3-5-7-18/h3-15,17H,16H2,1-2H3,(H,32,34,37). The number of halogens is 3. The molecule has 0 saturated heterocycles. The number of anilines is 1. The van der Waals surface area contributed by atoms with Crippen LogP contribution in [0.4, 0.5) is 19.0 Å². The van der Waals surface area contributed by atoms with Crippen molar-refractivity contribution >= 4 is 17.4 Å². The average Bonchev–Trinajstić information content (AvgIpc) is 3.50. The largest absolute Gasteiger partial charge is 0.433 e. The first-order valence-electron chi connectivity index (χ1n) is 11.6. The Hall–Kier alpha value is -4.47. The molecule has 37 heavy (non-hydrogen) atoms. The number of amides is 1. The van der Waals surface area contributed by atoms with Gasteiger partial charge in [0.05, 0.1) is 12.2 Å². The summed E-state index contributed by atoms with van der Waals surface area (Å²) in [5.74, 6) is -0.143. The van der Waals surface area contributed by atoms with E-state index in [0.717, 1.165) is 17.2 Å². The fraction of sp³-hybridized carbons (Fsp3) is 0.185. The van der Waals surface area contributed by atoms with E-state index >= 15 is 0 Å². The molecule has 188 valence electrons. The molecule has 0 spiro atoms. The smallest absolute Gasteiger partial charge is 0.304 e. The first-order chi connectivity index (χ1) is 17.7. The highest BCUT2D eigenvalue weighted by molar-refractivity contribution is 6.03. The highest BCUT2D eigenvalue weighted by Gasteiger charge is 2.35. The van der Waals surface area contributed by atoms with E-state index in [1.165, 1.54) is 6.07 Å². The molecule has 7 nitrogen and oxygen atoms in total. The third-order valence-corrected chi connectivity index (χ3v) is 5.89. The predicted molar refractivity (Wildman–Crippen MR) is 133 cm³/mol. The van der Waals surface area contributed by atoms with Gasteiger partial charge in [-0.1, -0.05) is 68.4 Å². The number of benzene rings is 2. The maximum atomic E-state index is 13.9. The third kappa shape index (κ3) is 5.23. The first kappa shape index (κ1) is 24.2. The van der Waals surface area contributed by atoms with E-state index in [0.29, 0.717) is 16.6 Å². The number of nitrogens with one attached hydrogen (secondary N) is 1. The quantitative estimate of drug-likeness (QED) is 0.306. The van der Waals surface area contributed by atoms with Crippen molar-refractivity contribution in [3.05, 3.63) is 102 Å². The van der Waals surface area contributed by atoms with Gasteiger partial charge >= 0.3 is 6.18 Å². The molecule has 3 heterocycles. The van der Waals surface area contributed by atoms with Crippen LogP contribution in [0.25, 0.3) is 16.9 Å². The second kappa shape index (κ2) is 9.53. The normalized spacial score (nSPS) is 11.8. The minimum Gasteiger partial charge on any atom is -0.304 e. The number of carbonyl (C=O) groups excluding carboxylic acids is 1. The molecule has 0 fully saturated rings. The van der Waals surface area contributed by atoms with Crippen LogP contribution in [0.5, 0.6) is 0 Å². The molecule has 2 aromatic carbocycles. The van der Waals surface area contributed by atoms with Gasteiger partial charge in [0, 0.05) is 23.9 Å². The van der Waals surface area contributed by atoms with Gasteiger partial charge in [-0.05, 0) is 23.1 Å². The van der Waals surface area contributed by atoms with Gasteiger partial charge in [0.2, 0.25) is 0 Å². The van der Waals surface area contributed by atoms with Gasteiger partial charge in [0.15, 0.2) is 22.9 Å². The molecule has 0 atom stereocenters. The molecule has 0 saturated carbocycles. The number of nitrogens with zero attached hydrogens (tertiary/aromatic N) is 5. The summed E-state index contributed by atoms with van der Waals surface area (Å²) in [5.41, 5.74) is 1.46. The SMILES string of the molecule is CC(C)c1ccc(-c2cc(C(F)(F)F)n3nc(C(=O)Nc4ccn(Cc5ccccc5)n4)cc3n2)cc1. The Balaban J connectivity index is 1.43. The molecule has 1 amide bonds. The Labute approximate surface area is 210 Å². The summed E-state index contributed by atoms with van der Waals surface area (Å²) < 4.78 is 44.1. The summed E-state index contributed by atoms with van der Waals surface area (Å²) in [6, 6.07) is 20.6. The predicted octanol–water partition coefficient (Wildman–Crippen LogP) is 6.04. The van der Waals surface area contributed by atoms with Gasteiger partial charge in [0.25, 0.3) is 5.91 Å². The van der Waals surface area contributed by atoms with Crippen LogP contribution < -0.4 is 5.32 Å². The molecule has 1 N–H and O–H groups in total. The first-order valence-corrected chi connectivity index (χ1v) is 11.6. The highest BCUT2D eigenvalue weighted by Crippen LogP contribution is 2.32. The maximum Gasteiger partial charge on any atom is 0.433 e. The Bertz CT molecular complexity index is 1550. The summed E-state index contributed by atoms with van der Waals surface area (Å²) in [5, 5.41) is 10.8. The van der Waals surface area contributed by atoms with Crippen molar-refractivity contribution in [2.75, 3.05) is 5.32 Å². The fourth-order valence-electron chi connectivity index (χ4n) is 3.94. The van der Waals surface area contributed by atoms with Gasteiger partial charge in [0.1, 0.15) is 0 Å². The number of hydrogen-bond acceptors (Lipinski definition) is 4. The van der Waals surface area contributed by atoms with Crippen molar-refractivity contribution in [3.63, 3.8) is 0 Å². The summed E-state index contributed by atoms with van der Waals surface area (Å²) in [7, 11) is 0. The van der Waals surface area contributed by atoms with Crippen molar-refractivity contribution in [2.45, 2.75) is 32.5 Å². The zero-order valence-electron chi connectivity index (χ0n) is 20.1. The lowest BCUT2D eigenvalue weighted by atomic mass is 10.0. The van der Waals surface area contributed by atoms with Crippen LogP contribution in [0, 0.1) is 0 Å². The molecule has 0 unspecified atom stereocenters. The topological polar surface area (TPSA) is 77.1 Å². The zero-order chi connectivity index (χ0) is 26.2. The summed E-state index contributed by atoms with van der Waals surface area (Å²) in [6.45, 7) is 4.58. The minimum atomic E-state index is -4.70. The van der Waals surface area contributed by atoms with E-state index in [1.54, 1.807) is 29.1 Å². The van der Waals surface area contributed by atoms with Crippen LogP contribution in [-0.4, -0.2) is 30.3 Å². The minimum absolute atomic E-state index is 0.0856. The Morgan fingerprint density at radius 3 is 2.38 bits per heavy atom. The lowest BCUT2D eigenvalue weighted by molar-refractivity contribution is -0.142. The van der Waals surface area contributed by atoms with Crippen molar-refractivity contribution < 1.29 is 18.0 Å². The van der Waals surface area contributed by atoms with Gasteiger partial charge in [-0.15, -0.1) is 0 Å². The van der Waals surface area contributed by atoms with Gasteiger partial charge < -0.3 is 5.32 Å². The Morgan fingerprint density at radius 1 is 0.973 bits per heavy atom. The van der Waals surface area contributed by atoms with E-state index in [-0.39, 0.29) is 28.8 Å². The van der Waals surface area contributed by atoms with E-state index in [4.69, 9.17) is 0 Å². The number of rotatable bonds is 6. The van der Waals surface area contributed by atoms with Crippen LogP contribution in [0.2, 0.25) is 0 Å². The van der Waals surface area contributed by atoms with E-state index in [2.05, 4.69) is 20.5 Å². The second-order valence-corrected chi connectivity index (χ2v) is 8.94. The van der Waals surface area contributed by atoms with E-state index < -0.39 is 17.8 Å². The number of hydrogen-bond donors (Lipinski definition) is 1. The summed E-state index contributed by atoms with van der Waals surface area (Å²) in [4.78, 5) is 17.2. The van der Waals surface area contributed by atoms with Crippen LogP contribution in [0.15, 0.2) is 79.0 Å². The molecule has 0 bridgehead atoms. The lowest BCUT2D eigenvalue weighted by Gasteiger charge is -2.11. The molecule has 5 rings (SSSR count). The number of carbonyl (C=O) groups is 1. The van der Waals surface area contributed by atoms with E-state index in [9.17, 15) is 18.0 Å². The molecule has 10 heteroatoms. The van der Waals surface area contributed by atoms with Gasteiger partial charge in [-0.25, -0.2) is 9.50 Å². The van der Waals surface area contributed by atoms with Crippen molar-refractivity contribution in [2.24, 2.45) is 0 Å². The molecule has 5 aromatic rings. The van der Waals surface area contributed by atoms with Crippen molar-refractivity contribution in [3.8, 4) is 11.3 Å². The molecule has 0 radical (unpaired) electrons. The lowest BCUT2D eigenvalue weighted by Crippen LogP contribution is -2.16. The highest BCUT2D eigenvalue weighted by atomic mass is 19.4. The molecule has 0 aliphatic rings. The Kier molecular flexibility index (Phi) is 6.24. The third-order valence-electron chi connectivity index (χ3n) is 5.89. The van der Waals surface area contributed by atoms with Crippen LogP contribution in [-0.2, 0) is 12.7 Å². The summed E-state index contributed by atoms with van der Waals surface area (Å²) >= 11 is 0. The zero-order valence-corrected chi connectivity index (χ0v) is 20.1. The number of aromatic nitrogens is 5. The maximum absolute atomic E-state index is 13.9. The molecule has 0 aliphatic carbocycles. The fourth-order valence-corrected chi connectivity index (χ4v) is 3.94. The van der Waals surface area contributed by atoms with Crippen molar-refractivity contribution in [1.82, 2.24) is 24.4 Å². The van der Waals surface area contributed by atoms with Crippen LogP contribution in [0.3, 0.4) is 0 Å². The van der Waals surface area contributed by atoms with Crippen LogP contribution >= 0.6 is 0 Å². The molecular weight excluding hydrogens is 481 g/mol. The van der Waals surface area contributed by atoms with E-state index in [1.807, 2.05) is 56.3 Å². The number of fused-ring (bicyclic) bond motifs is 1. The second-order valence-electron chi connectivity index (χ2n) is 8.94. The van der Waals surface area contributed by atoms with Crippen LogP contribution in [0.1, 0.15) is 47.1 Å². The Morgan fingerprint density at radius 2 is 1.70 bits per heavy atom. The number of alkyl halides is 3. The average molecular weight is 505 g/mol. The van der Waals surface area contributed by atoms with Gasteiger partial charge in [-0.3, -0.25) is 9.48 Å². The van der Waals surface area contributed by atoms with Gasteiger partial charge in [-0.2, -0.15) is 23.4 Å². The van der Waals surface area contributed by atoms with Crippen molar-refractivity contribution in [1.29, 1.82) is 0 Å².